The highest BCUT2D eigenvalue weighted by Crippen LogP contribution is 2.30. The Labute approximate surface area is 179 Å². The van der Waals surface area contributed by atoms with E-state index in [9.17, 15) is 4.79 Å². The Morgan fingerprint density at radius 1 is 1.10 bits per heavy atom. The lowest BCUT2D eigenvalue weighted by molar-refractivity contribution is 0.206. The van der Waals surface area contributed by atoms with Crippen molar-refractivity contribution >= 4 is 28.0 Å². The van der Waals surface area contributed by atoms with Crippen molar-refractivity contribution in [3.8, 4) is 11.4 Å². The number of hydrogen-bond acceptors (Lipinski definition) is 4. The lowest BCUT2D eigenvalue weighted by Crippen LogP contribution is -2.38. The number of rotatable bonds is 2. The number of amides is 2. The summed E-state index contributed by atoms with van der Waals surface area (Å²) in [6.45, 7) is 7.40. The van der Waals surface area contributed by atoms with Crippen molar-refractivity contribution in [1.82, 2.24) is 19.5 Å². The molecule has 0 bridgehead atoms. The highest BCUT2D eigenvalue weighted by Gasteiger charge is 2.26. The molecule has 0 atom stereocenters. The fourth-order valence-electron chi connectivity index (χ4n) is 3.77. The van der Waals surface area contributed by atoms with E-state index in [1.165, 1.54) is 11.1 Å². The van der Waals surface area contributed by atoms with Crippen molar-refractivity contribution in [2.24, 2.45) is 0 Å². The number of urea groups is 1. The molecule has 0 fully saturated rings. The predicted octanol–water partition coefficient (Wildman–Crippen LogP) is 4.97. The number of benzene rings is 2. The van der Waals surface area contributed by atoms with Crippen LogP contribution in [0.15, 0.2) is 42.5 Å². The van der Waals surface area contributed by atoms with E-state index in [-0.39, 0.29) is 6.03 Å². The molecule has 3 heterocycles. The van der Waals surface area contributed by atoms with Crippen LogP contribution in [-0.2, 0) is 13.0 Å². The Kier molecular flexibility index (Phi) is 4.55. The first-order valence-corrected chi connectivity index (χ1v) is 10.9. The summed E-state index contributed by atoms with van der Waals surface area (Å²) in [5, 5.41) is 7.81. The summed E-state index contributed by atoms with van der Waals surface area (Å²) < 4.78 is 1.95. The van der Waals surface area contributed by atoms with Crippen LogP contribution in [0.4, 0.5) is 10.5 Å². The number of fused-ring (bicyclic) bond motifs is 3. The molecule has 0 aliphatic carbocycles. The molecular formula is C23H23N5OS. The molecule has 2 aromatic heterocycles. The van der Waals surface area contributed by atoms with Gasteiger partial charge in [-0.3, -0.25) is 0 Å². The number of thiazole rings is 1. The molecule has 152 valence electrons. The number of aryl methyl sites for hydroxylation is 2. The number of aromatic nitrogens is 3. The van der Waals surface area contributed by atoms with Crippen LogP contribution in [0, 0.1) is 20.8 Å². The Hall–Kier alpha value is -3.19. The molecule has 0 unspecified atom stereocenters. The van der Waals surface area contributed by atoms with E-state index in [1.54, 1.807) is 11.3 Å². The Morgan fingerprint density at radius 2 is 1.90 bits per heavy atom. The van der Waals surface area contributed by atoms with E-state index in [0.29, 0.717) is 13.1 Å². The molecule has 0 radical (unpaired) electrons. The lowest BCUT2D eigenvalue weighted by atomic mass is 10.1. The van der Waals surface area contributed by atoms with Gasteiger partial charge in [-0.05, 0) is 38.0 Å². The van der Waals surface area contributed by atoms with Crippen LogP contribution < -0.4 is 5.32 Å². The summed E-state index contributed by atoms with van der Waals surface area (Å²) in [5.74, 6) is 0.749. The van der Waals surface area contributed by atoms with Crippen molar-refractivity contribution < 1.29 is 4.79 Å². The fourth-order valence-corrected chi connectivity index (χ4v) is 4.88. The van der Waals surface area contributed by atoms with Crippen LogP contribution >= 0.6 is 11.3 Å². The highest BCUT2D eigenvalue weighted by molar-refractivity contribution is 7.17. The van der Waals surface area contributed by atoms with Gasteiger partial charge in [0.2, 0.25) is 4.96 Å². The third-order valence-electron chi connectivity index (χ3n) is 5.77. The molecule has 2 aromatic carbocycles. The van der Waals surface area contributed by atoms with Crippen LogP contribution in [0.2, 0.25) is 0 Å². The van der Waals surface area contributed by atoms with Gasteiger partial charge in [-0.1, -0.05) is 53.3 Å². The summed E-state index contributed by atoms with van der Waals surface area (Å²) >= 11 is 1.62. The van der Waals surface area contributed by atoms with Crippen molar-refractivity contribution in [1.29, 1.82) is 0 Å². The van der Waals surface area contributed by atoms with Crippen LogP contribution in [0.5, 0.6) is 0 Å². The van der Waals surface area contributed by atoms with Crippen molar-refractivity contribution in [3.63, 3.8) is 0 Å². The SMILES string of the molecule is Cc1ccc(-c2nc3sc4c(n3n2)CCN(C(=O)Nc2cccc(C)c2C)C4)cc1. The van der Waals surface area contributed by atoms with Gasteiger partial charge in [-0.15, -0.1) is 5.10 Å². The first-order chi connectivity index (χ1) is 14.5. The molecule has 6 nitrogen and oxygen atoms in total. The maximum atomic E-state index is 12.8. The topological polar surface area (TPSA) is 62.5 Å². The molecule has 1 aliphatic heterocycles. The van der Waals surface area contributed by atoms with Gasteiger partial charge in [-0.25, -0.2) is 9.31 Å². The third kappa shape index (κ3) is 3.25. The predicted molar refractivity (Wildman–Crippen MR) is 120 cm³/mol. The van der Waals surface area contributed by atoms with Gasteiger partial charge in [0.05, 0.1) is 12.2 Å². The van der Waals surface area contributed by atoms with Crippen LogP contribution in [0.1, 0.15) is 27.3 Å². The monoisotopic (exact) mass is 417 g/mol. The van der Waals surface area contributed by atoms with Crippen molar-refractivity contribution in [2.45, 2.75) is 33.7 Å². The zero-order valence-corrected chi connectivity index (χ0v) is 18.1. The van der Waals surface area contributed by atoms with E-state index < -0.39 is 0 Å². The van der Waals surface area contributed by atoms with Gasteiger partial charge >= 0.3 is 6.03 Å². The summed E-state index contributed by atoms with van der Waals surface area (Å²) in [6.07, 6.45) is 0.770. The largest absolute Gasteiger partial charge is 0.322 e. The van der Waals surface area contributed by atoms with Crippen LogP contribution in [-0.4, -0.2) is 32.1 Å². The molecule has 7 heteroatoms. The third-order valence-corrected chi connectivity index (χ3v) is 6.82. The first kappa shape index (κ1) is 18.8. The molecule has 30 heavy (non-hydrogen) atoms. The molecule has 1 N–H and O–H groups in total. The maximum Gasteiger partial charge on any atom is 0.322 e. The normalized spacial score (nSPS) is 13.5. The number of nitrogens with one attached hydrogen (secondary N) is 1. The summed E-state index contributed by atoms with van der Waals surface area (Å²) in [6, 6.07) is 14.2. The minimum absolute atomic E-state index is 0.0614. The average molecular weight is 418 g/mol. The number of nitrogens with zero attached hydrogens (tertiary/aromatic N) is 4. The minimum Gasteiger partial charge on any atom is -0.319 e. The number of carbonyl (C=O) groups is 1. The summed E-state index contributed by atoms with van der Waals surface area (Å²) in [5.41, 5.74) is 6.55. The quantitative estimate of drug-likeness (QED) is 0.501. The second-order valence-corrected chi connectivity index (χ2v) is 8.88. The van der Waals surface area contributed by atoms with Crippen LogP contribution in [0.3, 0.4) is 0 Å². The summed E-state index contributed by atoms with van der Waals surface area (Å²) in [4.78, 5) is 21.5. The Balaban J connectivity index is 1.36. The second kappa shape index (κ2) is 7.25. The van der Waals surface area contributed by atoms with Gasteiger partial charge < -0.3 is 10.2 Å². The van der Waals surface area contributed by atoms with Crippen molar-refractivity contribution in [3.05, 3.63) is 69.7 Å². The van der Waals surface area contributed by atoms with Gasteiger partial charge in [0, 0.05) is 29.1 Å². The lowest BCUT2D eigenvalue weighted by Gasteiger charge is -2.27. The number of anilines is 1. The maximum absolute atomic E-state index is 12.8. The van der Waals surface area contributed by atoms with E-state index in [0.717, 1.165) is 44.6 Å². The smallest absolute Gasteiger partial charge is 0.319 e. The first-order valence-electron chi connectivity index (χ1n) is 10.1. The zero-order valence-electron chi connectivity index (χ0n) is 17.3. The molecule has 5 rings (SSSR count). The van der Waals surface area contributed by atoms with E-state index in [4.69, 9.17) is 10.1 Å². The Bertz CT molecular complexity index is 1250. The molecule has 4 aromatic rings. The molecular weight excluding hydrogens is 394 g/mol. The van der Waals surface area contributed by atoms with Gasteiger partial charge in [0.15, 0.2) is 5.82 Å². The fraction of sp³-hybridized carbons (Fsp3) is 0.261. The molecule has 0 saturated heterocycles. The number of hydrogen-bond donors (Lipinski definition) is 1. The molecule has 2 amide bonds. The number of carbonyl (C=O) groups excluding carboxylic acids is 1. The Morgan fingerprint density at radius 3 is 2.70 bits per heavy atom. The van der Waals surface area contributed by atoms with E-state index in [1.807, 2.05) is 28.5 Å². The molecule has 1 aliphatic rings. The van der Waals surface area contributed by atoms with Crippen LogP contribution in [0.25, 0.3) is 16.3 Å². The van der Waals surface area contributed by atoms with E-state index >= 15 is 0 Å². The highest BCUT2D eigenvalue weighted by atomic mass is 32.1. The molecule has 0 spiro atoms. The van der Waals surface area contributed by atoms with E-state index in [2.05, 4.69) is 49.5 Å². The molecule has 0 saturated carbocycles. The van der Waals surface area contributed by atoms with Gasteiger partial charge in [0.25, 0.3) is 0 Å². The van der Waals surface area contributed by atoms with Gasteiger partial charge in [0.1, 0.15) is 0 Å². The van der Waals surface area contributed by atoms with Crippen molar-refractivity contribution in [2.75, 3.05) is 11.9 Å². The zero-order chi connectivity index (χ0) is 20.8. The summed E-state index contributed by atoms with van der Waals surface area (Å²) in [7, 11) is 0. The minimum atomic E-state index is -0.0614. The van der Waals surface area contributed by atoms with Gasteiger partial charge in [-0.2, -0.15) is 4.98 Å². The average Bonchev–Trinajstić information content (AvgIpc) is 3.29. The second-order valence-electron chi connectivity index (χ2n) is 7.82. The standard InChI is InChI=1S/C23H23N5OS/c1-14-7-9-17(10-8-14)21-25-23-28(26-21)19-11-12-27(13-20(19)30-23)22(29)24-18-6-4-5-15(2)16(18)3/h4-10H,11-13H2,1-3H3,(H,24,29).